The molecule has 0 unspecified atom stereocenters. The molecule has 0 saturated heterocycles. The maximum atomic E-state index is 12.3. The summed E-state index contributed by atoms with van der Waals surface area (Å²) in [6.07, 6.45) is 3.39. The number of benzene rings is 2. The number of carbonyl (C=O) groups is 1. The van der Waals surface area contributed by atoms with Crippen LogP contribution in [0.5, 0.6) is 0 Å². The van der Waals surface area contributed by atoms with E-state index in [0.29, 0.717) is 20.7 Å². The molecule has 27 heavy (non-hydrogen) atoms. The zero-order valence-corrected chi connectivity index (χ0v) is 17.7. The predicted molar refractivity (Wildman–Crippen MR) is 118 cm³/mol. The molecule has 0 fully saturated rings. The van der Waals surface area contributed by atoms with Gasteiger partial charge < -0.3 is 5.32 Å². The summed E-state index contributed by atoms with van der Waals surface area (Å²) in [4.78, 5) is 16.8. The second kappa shape index (κ2) is 8.97. The van der Waals surface area contributed by atoms with Crippen LogP contribution in [0.4, 0.5) is 5.13 Å². The third-order valence-corrected chi connectivity index (χ3v) is 5.78. The van der Waals surface area contributed by atoms with Gasteiger partial charge in [0, 0.05) is 5.56 Å². The van der Waals surface area contributed by atoms with Gasteiger partial charge in [0.05, 0.1) is 20.3 Å². The van der Waals surface area contributed by atoms with Crippen LogP contribution in [0.1, 0.15) is 35.7 Å². The summed E-state index contributed by atoms with van der Waals surface area (Å²) in [5.74, 6) is -0.367. The zero-order chi connectivity index (χ0) is 19.4. The number of anilines is 1. The van der Waals surface area contributed by atoms with Crippen LogP contribution in [0.15, 0.2) is 36.4 Å². The highest BCUT2D eigenvalue weighted by Gasteiger charge is 2.12. The average molecular weight is 438 g/mol. The summed E-state index contributed by atoms with van der Waals surface area (Å²) in [6, 6.07) is 10.9. The number of unbranched alkanes of at least 4 members (excludes halogenated alkanes) is 1. The van der Waals surface area contributed by atoms with Crippen molar-refractivity contribution in [2.45, 2.75) is 26.2 Å². The summed E-state index contributed by atoms with van der Waals surface area (Å²) >= 11 is 18.5. The van der Waals surface area contributed by atoms with Crippen molar-refractivity contribution in [1.29, 1.82) is 0 Å². The van der Waals surface area contributed by atoms with E-state index in [-0.39, 0.29) is 11.0 Å². The van der Waals surface area contributed by atoms with Crippen LogP contribution >= 0.6 is 46.8 Å². The standard InChI is InChI=1S/C19H17Cl2N3OS2/c1-2-3-4-11-5-8-15-16(9-11)27-19(22-15)24-18(26)23-17(25)12-6-7-13(20)14(21)10-12/h5-10H,2-4H2,1H3,(H2,22,23,24,25,26). The van der Waals surface area contributed by atoms with Gasteiger partial charge in [-0.15, -0.1) is 0 Å². The van der Waals surface area contributed by atoms with E-state index in [4.69, 9.17) is 35.4 Å². The number of nitrogens with zero attached hydrogens (tertiary/aromatic N) is 1. The van der Waals surface area contributed by atoms with Crippen LogP contribution in [-0.2, 0) is 6.42 Å². The van der Waals surface area contributed by atoms with Crippen molar-refractivity contribution >= 4 is 73.1 Å². The zero-order valence-electron chi connectivity index (χ0n) is 14.5. The number of nitrogens with one attached hydrogen (secondary N) is 2. The Kier molecular flexibility index (Phi) is 6.65. The first-order valence-corrected chi connectivity index (χ1v) is 10.4. The molecule has 3 rings (SSSR count). The fourth-order valence-corrected chi connectivity index (χ4v) is 3.99. The Morgan fingerprint density at radius 1 is 1.19 bits per heavy atom. The van der Waals surface area contributed by atoms with E-state index in [1.807, 2.05) is 6.07 Å². The van der Waals surface area contributed by atoms with E-state index in [9.17, 15) is 4.79 Å². The van der Waals surface area contributed by atoms with E-state index in [2.05, 4.69) is 34.7 Å². The van der Waals surface area contributed by atoms with Gasteiger partial charge in [-0.1, -0.05) is 53.9 Å². The van der Waals surface area contributed by atoms with Gasteiger partial charge in [-0.05, 0) is 61.0 Å². The summed E-state index contributed by atoms with van der Waals surface area (Å²) in [6.45, 7) is 2.18. The van der Waals surface area contributed by atoms with Gasteiger partial charge in [0.1, 0.15) is 0 Å². The number of hydrogen-bond acceptors (Lipinski definition) is 4. The van der Waals surface area contributed by atoms with Gasteiger partial charge in [-0.25, -0.2) is 4.98 Å². The minimum absolute atomic E-state index is 0.177. The normalized spacial score (nSPS) is 10.8. The third kappa shape index (κ3) is 5.17. The van der Waals surface area contributed by atoms with Gasteiger partial charge in [0.15, 0.2) is 10.2 Å². The molecule has 0 spiro atoms. The lowest BCUT2D eigenvalue weighted by molar-refractivity contribution is 0.0977. The van der Waals surface area contributed by atoms with E-state index in [1.54, 1.807) is 12.1 Å². The molecule has 1 heterocycles. The molecule has 2 N–H and O–H groups in total. The monoisotopic (exact) mass is 437 g/mol. The number of carbonyl (C=O) groups excluding carboxylic acids is 1. The molecule has 4 nitrogen and oxygen atoms in total. The van der Waals surface area contributed by atoms with Gasteiger partial charge in [-0.3, -0.25) is 10.1 Å². The molecule has 1 amide bonds. The van der Waals surface area contributed by atoms with E-state index in [1.165, 1.54) is 35.8 Å². The summed E-state index contributed by atoms with van der Waals surface area (Å²) < 4.78 is 1.09. The summed E-state index contributed by atoms with van der Waals surface area (Å²) in [5, 5.41) is 7.11. The minimum Gasteiger partial charge on any atom is -0.308 e. The molecule has 0 radical (unpaired) electrons. The number of aryl methyl sites for hydroxylation is 1. The number of fused-ring (bicyclic) bond motifs is 1. The van der Waals surface area contributed by atoms with E-state index in [0.717, 1.165) is 16.6 Å². The van der Waals surface area contributed by atoms with Crippen molar-refractivity contribution in [3.8, 4) is 0 Å². The Bertz CT molecular complexity index is 1000. The largest absolute Gasteiger partial charge is 0.308 e. The lowest BCUT2D eigenvalue weighted by Gasteiger charge is -2.07. The van der Waals surface area contributed by atoms with Crippen molar-refractivity contribution in [3.05, 3.63) is 57.6 Å². The van der Waals surface area contributed by atoms with Crippen molar-refractivity contribution in [2.75, 3.05) is 5.32 Å². The highest BCUT2D eigenvalue weighted by Crippen LogP contribution is 2.27. The number of halogens is 2. The van der Waals surface area contributed by atoms with E-state index >= 15 is 0 Å². The molecule has 2 aromatic carbocycles. The third-order valence-electron chi connectivity index (χ3n) is 3.90. The van der Waals surface area contributed by atoms with Crippen molar-refractivity contribution < 1.29 is 4.79 Å². The Balaban J connectivity index is 1.66. The molecule has 0 aliphatic rings. The van der Waals surface area contributed by atoms with Crippen molar-refractivity contribution in [3.63, 3.8) is 0 Å². The van der Waals surface area contributed by atoms with Crippen LogP contribution in [0, 0.1) is 0 Å². The number of aromatic nitrogens is 1. The second-order valence-electron chi connectivity index (χ2n) is 5.96. The molecule has 8 heteroatoms. The molecule has 0 atom stereocenters. The quantitative estimate of drug-likeness (QED) is 0.475. The lowest BCUT2D eigenvalue weighted by atomic mass is 10.1. The highest BCUT2D eigenvalue weighted by atomic mass is 35.5. The minimum atomic E-state index is -0.367. The molecular weight excluding hydrogens is 421 g/mol. The van der Waals surface area contributed by atoms with Crippen LogP contribution in [0.3, 0.4) is 0 Å². The van der Waals surface area contributed by atoms with Gasteiger partial charge in [0.25, 0.3) is 5.91 Å². The SMILES string of the molecule is CCCCc1ccc2nc(NC(=S)NC(=O)c3ccc(Cl)c(Cl)c3)sc2c1. The first-order chi connectivity index (χ1) is 13.0. The maximum Gasteiger partial charge on any atom is 0.257 e. The van der Waals surface area contributed by atoms with Crippen LogP contribution in [-0.4, -0.2) is 16.0 Å². The first-order valence-electron chi connectivity index (χ1n) is 8.43. The van der Waals surface area contributed by atoms with Crippen LogP contribution < -0.4 is 10.6 Å². The van der Waals surface area contributed by atoms with Crippen molar-refractivity contribution in [1.82, 2.24) is 10.3 Å². The molecule has 0 saturated carbocycles. The Morgan fingerprint density at radius 3 is 2.74 bits per heavy atom. The van der Waals surface area contributed by atoms with Crippen molar-refractivity contribution in [2.24, 2.45) is 0 Å². The Labute approximate surface area is 176 Å². The van der Waals surface area contributed by atoms with Crippen LogP contribution in [0.2, 0.25) is 10.0 Å². The number of hydrogen-bond donors (Lipinski definition) is 2. The van der Waals surface area contributed by atoms with Gasteiger partial charge >= 0.3 is 0 Å². The summed E-state index contributed by atoms with van der Waals surface area (Å²) in [7, 11) is 0. The number of thiazole rings is 1. The number of rotatable bonds is 5. The first kappa shape index (κ1) is 20.0. The average Bonchev–Trinajstić information content (AvgIpc) is 3.03. The Hall–Kier alpha value is -1.73. The smallest absolute Gasteiger partial charge is 0.257 e. The second-order valence-corrected chi connectivity index (χ2v) is 8.22. The number of thiocarbonyl (C=S) groups is 1. The maximum absolute atomic E-state index is 12.3. The molecule has 3 aromatic rings. The molecule has 1 aromatic heterocycles. The van der Waals surface area contributed by atoms with E-state index < -0.39 is 0 Å². The summed E-state index contributed by atoms with van der Waals surface area (Å²) in [5.41, 5.74) is 2.58. The highest BCUT2D eigenvalue weighted by molar-refractivity contribution is 7.80. The van der Waals surface area contributed by atoms with Crippen LogP contribution in [0.25, 0.3) is 10.2 Å². The predicted octanol–water partition coefficient (Wildman–Crippen LogP) is 6.07. The van der Waals surface area contributed by atoms with Gasteiger partial charge in [-0.2, -0.15) is 0 Å². The van der Waals surface area contributed by atoms with Gasteiger partial charge in [0.2, 0.25) is 0 Å². The lowest BCUT2D eigenvalue weighted by Crippen LogP contribution is -2.34. The molecule has 140 valence electrons. The molecule has 0 aliphatic heterocycles. The molecule has 0 bridgehead atoms. The fourth-order valence-electron chi connectivity index (χ4n) is 2.50. The molecule has 0 aliphatic carbocycles. The number of amides is 1. The Morgan fingerprint density at radius 2 is 2.00 bits per heavy atom. The fraction of sp³-hybridized carbons (Fsp3) is 0.211. The molecular formula is C19H17Cl2N3OS2. The topological polar surface area (TPSA) is 54.0 Å².